The first-order valence-corrected chi connectivity index (χ1v) is 6.33. The minimum Gasteiger partial charge on any atom is -0.337 e. The van der Waals surface area contributed by atoms with E-state index in [1.807, 2.05) is 23.1 Å². The van der Waals surface area contributed by atoms with Crippen LogP contribution in [0.3, 0.4) is 0 Å². The summed E-state index contributed by atoms with van der Waals surface area (Å²) < 4.78 is 0. The lowest BCUT2D eigenvalue weighted by molar-refractivity contribution is 0.0725. The summed E-state index contributed by atoms with van der Waals surface area (Å²) in [5, 5.41) is 3.34. The summed E-state index contributed by atoms with van der Waals surface area (Å²) >= 11 is 0. The first kappa shape index (κ1) is 12.1. The fourth-order valence-electron chi connectivity index (χ4n) is 2.39. The molecule has 1 unspecified atom stereocenters. The van der Waals surface area contributed by atoms with Crippen LogP contribution in [0.25, 0.3) is 0 Å². The molecule has 0 radical (unpaired) electrons. The molecule has 0 saturated heterocycles. The molecule has 1 amide bonds. The van der Waals surface area contributed by atoms with Gasteiger partial charge < -0.3 is 10.2 Å². The molecule has 0 saturated carbocycles. The maximum atomic E-state index is 12.3. The SMILES string of the molecule is CCNC(C)CN1CCc2ccccc2C1=O. The fraction of sp³-hybridized carbons (Fsp3) is 0.500. The largest absolute Gasteiger partial charge is 0.337 e. The molecule has 1 aliphatic rings. The van der Waals surface area contributed by atoms with Crippen molar-refractivity contribution in [3.05, 3.63) is 35.4 Å². The predicted octanol–water partition coefficient (Wildman–Crippen LogP) is 1.68. The summed E-state index contributed by atoms with van der Waals surface area (Å²) in [5.74, 6) is 0.177. The number of fused-ring (bicyclic) bond motifs is 1. The van der Waals surface area contributed by atoms with Crippen molar-refractivity contribution in [2.75, 3.05) is 19.6 Å². The van der Waals surface area contributed by atoms with Crippen LogP contribution in [0.5, 0.6) is 0 Å². The molecular weight excluding hydrogens is 212 g/mol. The number of carbonyl (C=O) groups excluding carboxylic acids is 1. The van der Waals surface area contributed by atoms with E-state index < -0.39 is 0 Å². The highest BCUT2D eigenvalue weighted by Gasteiger charge is 2.24. The van der Waals surface area contributed by atoms with Crippen LogP contribution in [-0.2, 0) is 6.42 Å². The van der Waals surface area contributed by atoms with Crippen LogP contribution in [0, 0.1) is 0 Å². The third-order valence-electron chi connectivity index (χ3n) is 3.23. The summed E-state index contributed by atoms with van der Waals surface area (Å²) in [6, 6.07) is 8.28. The van der Waals surface area contributed by atoms with Gasteiger partial charge in [0.2, 0.25) is 0 Å². The van der Waals surface area contributed by atoms with E-state index in [-0.39, 0.29) is 5.91 Å². The Morgan fingerprint density at radius 2 is 2.18 bits per heavy atom. The molecule has 2 rings (SSSR count). The second-order valence-electron chi connectivity index (χ2n) is 4.62. The molecule has 1 aromatic rings. The number of hydrogen-bond acceptors (Lipinski definition) is 2. The van der Waals surface area contributed by atoms with Crippen molar-refractivity contribution < 1.29 is 4.79 Å². The number of amides is 1. The molecule has 0 aliphatic carbocycles. The van der Waals surface area contributed by atoms with Gasteiger partial charge in [-0.05, 0) is 31.5 Å². The normalized spacial score (nSPS) is 16.8. The average Bonchev–Trinajstić information content (AvgIpc) is 2.33. The van der Waals surface area contributed by atoms with Gasteiger partial charge >= 0.3 is 0 Å². The van der Waals surface area contributed by atoms with Gasteiger partial charge in [-0.1, -0.05) is 25.1 Å². The maximum Gasteiger partial charge on any atom is 0.254 e. The summed E-state index contributed by atoms with van der Waals surface area (Å²) in [6.45, 7) is 6.79. The monoisotopic (exact) mass is 232 g/mol. The van der Waals surface area contributed by atoms with Gasteiger partial charge in [0.05, 0.1) is 0 Å². The van der Waals surface area contributed by atoms with E-state index in [0.29, 0.717) is 6.04 Å². The van der Waals surface area contributed by atoms with Crippen molar-refractivity contribution in [2.24, 2.45) is 0 Å². The third-order valence-corrected chi connectivity index (χ3v) is 3.23. The Kier molecular flexibility index (Phi) is 3.79. The van der Waals surface area contributed by atoms with Gasteiger partial charge in [-0.2, -0.15) is 0 Å². The maximum absolute atomic E-state index is 12.3. The lowest BCUT2D eigenvalue weighted by atomic mass is 9.99. The number of nitrogens with zero attached hydrogens (tertiary/aromatic N) is 1. The second-order valence-corrected chi connectivity index (χ2v) is 4.62. The molecule has 0 spiro atoms. The van der Waals surface area contributed by atoms with Crippen molar-refractivity contribution in [1.82, 2.24) is 10.2 Å². The first-order valence-electron chi connectivity index (χ1n) is 6.33. The zero-order valence-electron chi connectivity index (χ0n) is 10.6. The Balaban J connectivity index is 2.07. The van der Waals surface area contributed by atoms with Crippen LogP contribution >= 0.6 is 0 Å². The van der Waals surface area contributed by atoms with Gasteiger partial charge in [0.1, 0.15) is 0 Å². The van der Waals surface area contributed by atoms with Crippen molar-refractivity contribution in [3.63, 3.8) is 0 Å². The van der Waals surface area contributed by atoms with Crippen LogP contribution in [-0.4, -0.2) is 36.5 Å². The van der Waals surface area contributed by atoms with E-state index in [1.54, 1.807) is 0 Å². The zero-order chi connectivity index (χ0) is 12.3. The summed E-state index contributed by atoms with van der Waals surface area (Å²) in [7, 11) is 0. The molecule has 1 heterocycles. The van der Waals surface area contributed by atoms with Crippen LogP contribution in [0.2, 0.25) is 0 Å². The molecule has 0 fully saturated rings. The van der Waals surface area contributed by atoms with E-state index in [9.17, 15) is 4.79 Å². The highest BCUT2D eigenvalue weighted by Crippen LogP contribution is 2.18. The molecule has 1 atom stereocenters. The number of benzene rings is 1. The van der Waals surface area contributed by atoms with Crippen LogP contribution < -0.4 is 5.32 Å². The lowest BCUT2D eigenvalue weighted by Gasteiger charge is -2.30. The third kappa shape index (κ3) is 2.67. The Hall–Kier alpha value is -1.35. The Morgan fingerprint density at radius 3 is 2.94 bits per heavy atom. The van der Waals surface area contributed by atoms with Gasteiger partial charge in [0, 0.05) is 24.7 Å². The zero-order valence-corrected chi connectivity index (χ0v) is 10.6. The highest BCUT2D eigenvalue weighted by atomic mass is 16.2. The molecule has 0 bridgehead atoms. The summed E-state index contributed by atoms with van der Waals surface area (Å²) in [6.07, 6.45) is 0.973. The standard InChI is InChI=1S/C14H20N2O/c1-3-15-11(2)10-16-9-8-12-6-4-5-7-13(12)14(16)17/h4-7,11,15H,3,8-10H2,1-2H3. The molecular formula is C14H20N2O. The lowest BCUT2D eigenvalue weighted by Crippen LogP contribution is -2.45. The number of carbonyl (C=O) groups is 1. The predicted molar refractivity (Wildman–Crippen MR) is 69.2 cm³/mol. The topological polar surface area (TPSA) is 32.3 Å². The van der Waals surface area contributed by atoms with Gasteiger partial charge in [-0.25, -0.2) is 0 Å². The fourth-order valence-corrected chi connectivity index (χ4v) is 2.39. The van der Waals surface area contributed by atoms with Crippen molar-refractivity contribution in [3.8, 4) is 0 Å². The van der Waals surface area contributed by atoms with E-state index >= 15 is 0 Å². The minimum atomic E-state index is 0.177. The van der Waals surface area contributed by atoms with E-state index in [0.717, 1.165) is 31.6 Å². The smallest absolute Gasteiger partial charge is 0.254 e. The Morgan fingerprint density at radius 1 is 1.41 bits per heavy atom. The van der Waals surface area contributed by atoms with Gasteiger partial charge in [-0.3, -0.25) is 4.79 Å². The summed E-state index contributed by atoms with van der Waals surface area (Å²) in [5.41, 5.74) is 2.06. The van der Waals surface area contributed by atoms with E-state index in [2.05, 4.69) is 25.2 Å². The Bertz CT molecular complexity index is 403. The average molecular weight is 232 g/mol. The van der Waals surface area contributed by atoms with Gasteiger partial charge in [0.15, 0.2) is 0 Å². The quantitative estimate of drug-likeness (QED) is 0.856. The first-order chi connectivity index (χ1) is 8.22. The van der Waals surface area contributed by atoms with E-state index in [4.69, 9.17) is 0 Å². The molecule has 1 N–H and O–H groups in total. The van der Waals surface area contributed by atoms with Crippen LogP contribution in [0.15, 0.2) is 24.3 Å². The molecule has 3 heteroatoms. The molecule has 17 heavy (non-hydrogen) atoms. The van der Waals surface area contributed by atoms with Crippen molar-refractivity contribution >= 4 is 5.91 Å². The Labute approximate surface area is 103 Å². The van der Waals surface area contributed by atoms with Crippen molar-refractivity contribution in [1.29, 1.82) is 0 Å². The van der Waals surface area contributed by atoms with Crippen LogP contribution in [0.1, 0.15) is 29.8 Å². The molecule has 92 valence electrons. The van der Waals surface area contributed by atoms with Crippen molar-refractivity contribution in [2.45, 2.75) is 26.3 Å². The number of likely N-dealkylation sites (N-methyl/N-ethyl adjacent to an activating group) is 1. The summed E-state index contributed by atoms with van der Waals surface area (Å²) in [4.78, 5) is 14.2. The van der Waals surface area contributed by atoms with Crippen LogP contribution in [0.4, 0.5) is 0 Å². The molecule has 1 aromatic carbocycles. The molecule has 1 aliphatic heterocycles. The van der Waals surface area contributed by atoms with Gasteiger partial charge in [-0.15, -0.1) is 0 Å². The number of rotatable bonds is 4. The second kappa shape index (κ2) is 5.32. The molecule has 3 nitrogen and oxygen atoms in total. The van der Waals surface area contributed by atoms with Gasteiger partial charge in [0.25, 0.3) is 5.91 Å². The number of hydrogen-bond donors (Lipinski definition) is 1. The molecule has 0 aromatic heterocycles. The minimum absolute atomic E-state index is 0.177. The number of nitrogens with one attached hydrogen (secondary N) is 1. The highest BCUT2D eigenvalue weighted by molar-refractivity contribution is 5.96. The van der Waals surface area contributed by atoms with E-state index in [1.165, 1.54) is 5.56 Å².